The molecule has 1 saturated heterocycles. The van der Waals surface area contributed by atoms with Gasteiger partial charge in [0.1, 0.15) is 5.82 Å². The Morgan fingerprint density at radius 3 is 2.44 bits per heavy atom. The molecule has 4 heteroatoms. The van der Waals surface area contributed by atoms with Crippen LogP contribution < -0.4 is 5.32 Å². The van der Waals surface area contributed by atoms with Crippen LogP contribution in [0.4, 0.5) is 4.39 Å². The SMILES string of the molecule is Cc1ccc(F)cc1C(=O)NCc1ccc(CN2CCCCC2)cc1. The van der Waals surface area contributed by atoms with Gasteiger partial charge in [0.2, 0.25) is 0 Å². The average molecular weight is 340 g/mol. The first kappa shape index (κ1) is 17.6. The summed E-state index contributed by atoms with van der Waals surface area (Å²) in [5.74, 6) is -0.632. The molecule has 0 bridgehead atoms. The number of hydrogen-bond donors (Lipinski definition) is 1. The molecule has 1 aliphatic rings. The van der Waals surface area contributed by atoms with Crippen LogP contribution in [0.25, 0.3) is 0 Å². The van der Waals surface area contributed by atoms with Crippen LogP contribution in [0.15, 0.2) is 42.5 Å². The van der Waals surface area contributed by atoms with Crippen LogP contribution in [-0.2, 0) is 13.1 Å². The second-order valence-electron chi connectivity index (χ2n) is 6.80. The zero-order valence-corrected chi connectivity index (χ0v) is 14.7. The summed E-state index contributed by atoms with van der Waals surface area (Å²) in [7, 11) is 0. The monoisotopic (exact) mass is 340 g/mol. The van der Waals surface area contributed by atoms with Gasteiger partial charge < -0.3 is 5.32 Å². The zero-order valence-electron chi connectivity index (χ0n) is 14.7. The van der Waals surface area contributed by atoms with Crippen LogP contribution >= 0.6 is 0 Å². The Hall–Kier alpha value is -2.20. The molecule has 0 aromatic heterocycles. The Morgan fingerprint density at radius 2 is 1.72 bits per heavy atom. The molecule has 0 saturated carbocycles. The molecule has 0 atom stereocenters. The maximum Gasteiger partial charge on any atom is 0.251 e. The standard InChI is InChI=1S/C21H25FN2O/c1-16-5-10-19(22)13-20(16)21(25)23-14-17-6-8-18(9-7-17)15-24-11-3-2-4-12-24/h5-10,13H,2-4,11-12,14-15H2,1H3,(H,23,25). The van der Waals surface area contributed by atoms with Crippen molar-refractivity contribution in [2.24, 2.45) is 0 Å². The normalized spacial score (nSPS) is 15.1. The van der Waals surface area contributed by atoms with Gasteiger partial charge in [0.15, 0.2) is 0 Å². The van der Waals surface area contributed by atoms with Crippen molar-refractivity contribution >= 4 is 5.91 Å². The third-order valence-corrected chi connectivity index (χ3v) is 4.78. The fourth-order valence-corrected chi connectivity index (χ4v) is 3.25. The second-order valence-corrected chi connectivity index (χ2v) is 6.80. The number of carbonyl (C=O) groups excluding carboxylic acids is 1. The topological polar surface area (TPSA) is 32.3 Å². The van der Waals surface area contributed by atoms with Gasteiger partial charge in [0.25, 0.3) is 5.91 Å². The first-order chi connectivity index (χ1) is 12.1. The van der Waals surface area contributed by atoms with Gasteiger partial charge >= 0.3 is 0 Å². The van der Waals surface area contributed by atoms with Gasteiger partial charge in [-0.2, -0.15) is 0 Å². The molecule has 2 aromatic rings. The quantitative estimate of drug-likeness (QED) is 0.890. The molecule has 0 unspecified atom stereocenters. The summed E-state index contributed by atoms with van der Waals surface area (Å²) >= 11 is 0. The minimum Gasteiger partial charge on any atom is -0.348 e. The predicted octanol–water partition coefficient (Wildman–Crippen LogP) is 4.05. The summed E-state index contributed by atoms with van der Waals surface area (Å²) in [6, 6.07) is 12.6. The fourth-order valence-electron chi connectivity index (χ4n) is 3.25. The van der Waals surface area contributed by atoms with Crippen LogP contribution in [-0.4, -0.2) is 23.9 Å². The number of benzene rings is 2. The van der Waals surface area contributed by atoms with Crippen LogP contribution in [0.1, 0.15) is 46.3 Å². The van der Waals surface area contributed by atoms with Crippen molar-refractivity contribution in [3.8, 4) is 0 Å². The highest BCUT2D eigenvalue weighted by molar-refractivity contribution is 5.95. The number of piperidine rings is 1. The van der Waals surface area contributed by atoms with Crippen molar-refractivity contribution in [1.82, 2.24) is 10.2 Å². The molecule has 1 N–H and O–H groups in total. The molecular weight excluding hydrogens is 315 g/mol. The highest BCUT2D eigenvalue weighted by atomic mass is 19.1. The molecule has 1 heterocycles. The van der Waals surface area contributed by atoms with E-state index in [1.54, 1.807) is 6.07 Å². The Kier molecular flexibility index (Phi) is 5.82. The molecular formula is C21H25FN2O. The maximum atomic E-state index is 13.3. The number of carbonyl (C=O) groups is 1. The Bertz CT molecular complexity index is 721. The van der Waals surface area contributed by atoms with Gasteiger partial charge in [0.05, 0.1) is 0 Å². The van der Waals surface area contributed by atoms with E-state index in [-0.39, 0.29) is 5.91 Å². The summed E-state index contributed by atoms with van der Waals surface area (Å²) in [5, 5.41) is 2.87. The van der Waals surface area contributed by atoms with E-state index >= 15 is 0 Å². The average Bonchev–Trinajstić information content (AvgIpc) is 2.64. The molecule has 1 amide bonds. The number of nitrogens with zero attached hydrogens (tertiary/aromatic N) is 1. The molecule has 1 aliphatic heterocycles. The smallest absolute Gasteiger partial charge is 0.251 e. The zero-order chi connectivity index (χ0) is 17.6. The van der Waals surface area contributed by atoms with Crippen molar-refractivity contribution in [3.63, 3.8) is 0 Å². The molecule has 0 radical (unpaired) electrons. The van der Waals surface area contributed by atoms with Crippen molar-refractivity contribution in [2.45, 2.75) is 39.3 Å². The summed E-state index contributed by atoms with van der Waals surface area (Å²) in [6.45, 7) is 5.62. The Labute approximate surface area is 148 Å². The largest absolute Gasteiger partial charge is 0.348 e. The van der Waals surface area contributed by atoms with Crippen LogP contribution in [0, 0.1) is 12.7 Å². The van der Waals surface area contributed by atoms with Gasteiger partial charge in [0, 0.05) is 18.7 Å². The molecule has 2 aromatic carbocycles. The Balaban J connectivity index is 1.54. The van der Waals surface area contributed by atoms with Crippen LogP contribution in [0.2, 0.25) is 0 Å². The van der Waals surface area contributed by atoms with Crippen molar-refractivity contribution in [2.75, 3.05) is 13.1 Å². The molecule has 132 valence electrons. The molecule has 3 rings (SSSR count). The highest BCUT2D eigenvalue weighted by Gasteiger charge is 2.11. The third-order valence-electron chi connectivity index (χ3n) is 4.78. The first-order valence-electron chi connectivity index (χ1n) is 8.96. The predicted molar refractivity (Wildman–Crippen MR) is 97.9 cm³/mol. The van der Waals surface area contributed by atoms with Crippen molar-refractivity contribution < 1.29 is 9.18 Å². The first-order valence-corrected chi connectivity index (χ1v) is 8.96. The summed E-state index contributed by atoms with van der Waals surface area (Å²) in [6.07, 6.45) is 3.94. The van der Waals surface area contributed by atoms with E-state index in [9.17, 15) is 9.18 Å². The van der Waals surface area contributed by atoms with E-state index in [0.29, 0.717) is 12.1 Å². The minimum atomic E-state index is -0.391. The van der Waals surface area contributed by atoms with Gasteiger partial charge in [-0.25, -0.2) is 4.39 Å². The van der Waals surface area contributed by atoms with E-state index in [2.05, 4.69) is 34.5 Å². The van der Waals surface area contributed by atoms with Gasteiger partial charge in [-0.1, -0.05) is 36.8 Å². The summed E-state index contributed by atoms with van der Waals surface area (Å²) < 4.78 is 13.3. The number of amides is 1. The lowest BCUT2D eigenvalue weighted by Crippen LogP contribution is -2.29. The molecule has 25 heavy (non-hydrogen) atoms. The molecule has 0 spiro atoms. The number of aryl methyl sites for hydroxylation is 1. The van der Waals surface area contributed by atoms with Crippen LogP contribution in [0.5, 0.6) is 0 Å². The molecule has 0 aliphatic carbocycles. The Morgan fingerprint density at radius 1 is 1.04 bits per heavy atom. The number of halogens is 1. The fraction of sp³-hybridized carbons (Fsp3) is 0.381. The molecule has 1 fully saturated rings. The van der Waals surface area contributed by atoms with E-state index < -0.39 is 5.82 Å². The second kappa shape index (κ2) is 8.26. The highest BCUT2D eigenvalue weighted by Crippen LogP contribution is 2.14. The van der Waals surface area contributed by atoms with E-state index in [4.69, 9.17) is 0 Å². The lowest BCUT2D eigenvalue weighted by atomic mass is 10.1. The lowest BCUT2D eigenvalue weighted by Gasteiger charge is -2.26. The van der Waals surface area contributed by atoms with Crippen molar-refractivity contribution in [3.05, 3.63) is 70.5 Å². The number of likely N-dealkylation sites (tertiary alicyclic amines) is 1. The van der Waals surface area contributed by atoms with Gasteiger partial charge in [-0.05, 0) is 61.7 Å². The van der Waals surface area contributed by atoms with E-state index in [1.807, 2.05) is 6.92 Å². The van der Waals surface area contributed by atoms with Crippen LogP contribution in [0.3, 0.4) is 0 Å². The van der Waals surface area contributed by atoms with Crippen molar-refractivity contribution in [1.29, 1.82) is 0 Å². The van der Waals surface area contributed by atoms with Gasteiger partial charge in [-0.3, -0.25) is 9.69 Å². The minimum absolute atomic E-state index is 0.241. The van der Waals surface area contributed by atoms with Gasteiger partial charge in [-0.15, -0.1) is 0 Å². The lowest BCUT2D eigenvalue weighted by molar-refractivity contribution is 0.0950. The third kappa shape index (κ3) is 4.89. The number of nitrogens with one attached hydrogen (secondary N) is 1. The molecule has 3 nitrogen and oxygen atoms in total. The van der Waals surface area contributed by atoms with E-state index in [0.717, 1.165) is 17.7 Å². The maximum absolute atomic E-state index is 13.3. The van der Waals surface area contributed by atoms with E-state index in [1.165, 1.54) is 50.0 Å². The number of rotatable bonds is 5. The summed E-state index contributed by atoms with van der Waals surface area (Å²) in [5.41, 5.74) is 3.51. The summed E-state index contributed by atoms with van der Waals surface area (Å²) in [4.78, 5) is 14.7. The number of hydrogen-bond acceptors (Lipinski definition) is 2.